The van der Waals surface area contributed by atoms with Crippen LogP contribution in [-0.2, 0) is 6.18 Å². The summed E-state index contributed by atoms with van der Waals surface area (Å²) in [6.45, 7) is 0. The van der Waals surface area contributed by atoms with Crippen LogP contribution in [0.2, 0.25) is 0 Å². The summed E-state index contributed by atoms with van der Waals surface area (Å²) in [5.41, 5.74) is -0.523. The molecule has 0 aliphatic carbocycles. The van der Waals surface area contributed by atoms with Crippen LogP contribution in [0, 0.1) is 0 Å². The number of aliphatic hydroxyl groups excluding tert-OH is 1. The van der Waals surface area contributed by atoms with Crippen molar-refractivity contribution in [3.63, 3.8) is 0 Å². The normalized spacial score (nSPS) is 14.1. The molecule has 78 valence electrons. The molecule has 0 aromatic heterocycles. The van der Waals surface area contributed by atoms with Gasteiger partial charge in [0.15, 0.2) is 0 Å². The average Bonchev–Trinajstić information content (AvgIpc) is 2.15. The van der Waals surface area contributed by atoms with Gasteiger partial charge < -0.3 is 5.11 Å². The second-order valence-corrected chi connectivity index (χ2v) is 3.19. The number of hydrogen-bond donors (Lipinski definition) is 2. The summed E-state index contributed by atoms with van der Waals surface area (Å²) >= 11 is 3.80. The molecule has 1 nitrogen and oxygen atoms in total. The van der Waals surface area contributed by atoms with E-state index < -0.39 is 17.8 Å². The number of alkyl halides is 3. The summed E-state index contributed by atoms with van der Waals surface area (Å²) in [6, 6.07) is 4.61. The smallest absolute Gasteiger partial charge is 0.388 e. The van der Waals surface area contributed by atoms with Gasteiger partial charge in [-0.2, -0.15) is 25.8 Å². The van der Waals surface area contributed by atoms with E-state index in [4.69, 9.17) is 0 Å². The number of hydrogen-bond acceptors (Lipinski definition) is 2. The minimum atomic E-state index is -4.37. The predicted octanol–water partition coefficient (Wildman–Crippen LogP) is 2.67. The third kappa shape index (κ3) is 2.65. The molecule has 0 fully saturated rings. The van der Waals surface area contributed by atoms with Crippen molar-refractivity contribution in [3.8, 4) is 0 Å². The van der Waals surface area contributed by atoms with Crippen LogP contribution >= 0.6 is 12.6 Å². The molecule has 1 atom stereocenters. The van der Waals surface area contributed by atoms with Gasteiger partial charge in [-0.3, -0.25) is 0 Å². The molecule has 5 heteroatoms. The molecular weight excluding hydrogens is 213 g/mol. The summed E-state index contributed by atoms with van der Waals surface area (Å²) in [6.07, 6.45) is -5.33. The van der Waals surface area contributed by atoms with E-state index in [-0.39, 0.29) is 11.3 Å². The van der Waals surface area contributed by atoms with Crippen molar-refractivity contribution in [2.24, 2.45) is 0 Å². The third-order valence-corrected chi connectivity index (χ3v) is 2.12. The van der Waals surface area contributed by atoms with Gasteiger partial charge in [-0.15, -0.1) is 0 Å². The van der Waals surface area contributed by atoms with Crippen molar-refractivity contribution in [1.29, 1.82) is 0 Å². The summed E-state index contributed by atoms with van der Waals surface area (Å²) in [7, 11) is 0. The standard InChI is InChI=1S/C9H9F3OS/c10-9(11,12)7-3-1-2-6(4-7)8(13)5-14/h1-4,8,13-14H,5H2. The quantitative estimate of drug-likeness (QED) is 0.737. The van der Waals surface area contributed by atoms with Gasteiger partial charge in [0.1, 0.15) is 0 Å². The Bertz CT molecular complexity index is 311. The van der Waals surface area contributed by atoms with E-state index in [1.165, 1.54) is 12.1 Å². The molecule has 1 N–H and O–H groups in total. The van der Waals surface area contributed by atoms with Crippen LogP contribution in [0.5, 0.6) is 0 Å². The van der Waals surface area contributed by atoms with Gasteiger partial charge in [-0.25, -0.2) is 0 Å². The monoisotopic (exact) mass is 222 g/mol. The van der Waals surface area contributed by atoms with Crippen LogP contribution in [0.25, 0.3) is 0 Å². The molecule has 0 amide bonds. The van der Waals surface area contributed by atoms with Crippen LogP contribution in [0.4, 0.5) is 13.2 Å². The largest absolute Gasteiger partial charge is 0.416 e. The van der Waals surface area contributed by atoms with E-state index >= 15 is 0 Å². The van der Waals surface area contributed by atoms with Crippen molar-refractivity contribution in [2.75, 3.05) is 5.75 Å². The van der Waals surface area contributed by atoms with Crippen molar-refractivity contribution in [3.05, 3.63) is 35.4 Å². The average molecular weight is 222 g/mol. The fourth-order valence-corrected chi connectivity index (χ4v) is 1.24. The molecule has 0 aliphatic heterocycles. The van der Waals surface area contributed by atoms with E-state index in [9.17, 15) is 18.3 Å². The summed E-state index contributed by atoms with van der Waals surface area (Å²) in [5, 5.41) is 9.28. The molecular formula is C9H9F3OS. The van der Waals surface area contributed by atoms with Gasteiger partial charge in [-0.05, 0) is 17.7 Å². The van der Waals surface area contributed by atoms with E-state index in [2.05, 4.69) is 12.6 Å². The second-order valence-electron chi connectivity index (χ2n) is 2.82. The van der Waals surface area contributed by atoms with E-state index in [1.54, 1.807) is 0 Å². The number of thiol groups is 1. The first-order chi connectivity index (χ1) is 6.45. The Morgan fingerprint density at radius 1 is 1.36 bits per heavy atom. The molecule has 0 bridgehead atoms. The lowest BCUT2D eigenvalue weighted by molar-refractivity contribution is -0.137. The maximum absolute atomic E-state index is 12.2. The first-order valence-electron chi connectivity index (χ1n) is 3.91. The molecule has 1 rings (SSSR count). The molecule has 1 aromatic rings. The van der Waals surface area contributed by atoms with Crippen molar-refractivity contribution >= 4 is 12.6 Å². The zero-order valence-electron chi connectivity index (χ0n) is 7.12. The highest BCUT2D eigenvalue weighted by atomic mass is 32.1. The molecule has 0 aliphatic rings. The maximum atomic E-state index is 12.2. The topological polar surface area (TPSA) is 20.2 Å². The minimum Gasteiger partial charge on any atom is -0.388 e. The van der Waals surface area contributed by atoms with Gasteiger partial charge in [0.2, 0.25) is 0 Å². The van der Waals surface area contributed by atoms with Crippen molar-refractivity contribution in [1.82, 2.24) is 0 Å². The zero-order chi connectivity index (χ0) is 10.8. The van der Waals surface area contributed by atoms with E-state index in [0.29, 0.717) is 0 Å². The molecule has 0 saturated heterocycles. The molecule has 1 aromatic carbocycles. The summed E-state index contributed by atoms with van der Waals surface area (Å²) < 4.78 is 36.7. The SMILES string of the molecule is OC(CS)c1cccc(C(F)(F)F)c1. The highest BCUT2D eigenvalue weighted by Gasteiger charge is 2.30. The molecule has 0 spiro atoms. The number of aliphatic hydroxyl groups is 1. The number of rotatable bonds is 2. The van der Waals surface area contributed by atoms with Crippen LogP contribution in [-0.4, -0.2) is 10.9 Å². The van der Waals surface area contributed by atoms with Crippen LogP contribution in [0.15, 0.2) is 24.3 Å². The highest BCUT2D eigenvalue weighted by molar-refractivity contribution is 7.80. The van der Waals surface area contributed by atoms with Crippen LogP contribution in [0.3, 0.4) is 0 Å². The fraction of sp³-hybridized carbons (Fsp3) is 0.333. The lowest BCUT2D eigenvalue weighted by Crippen LogP contribution is -2.07. The lowest BCUT2D eigenvalue weighted by atomic mass is 10.1. The van der Waals surface area contributed by atoms with Gasteiger partial charge >= 0.3 is 6.18 Å². The summed E-state index contributed by atoms with van der Waals surface area (Å²) in [4.78, 5) is 0. The van der Waals surface area contributed by atoms with Crippen LogP contribution in [0.1, 0.15) is 17.2 Å². The Kier molecular flexibility index (Phi) is 3.44. The second kappa shape index (κ2) is 4.23. The summed E-state index contributed by atoms with van der Waals surface area (Å²) in [5.74, 6) is 0.0985. The van der Waals surface area contributed by atoms with E-state index in [0.717, 1.165) is 12.1 Å². The first kappa shape index (κ1) is 11.4. The lowest BCUT2D eigenvalue weighted by Gasteiger charge is -2.11. The predicted molar refractivity (Wildman–Crippen MR) is 50.3 cm³/mol. The molecule has 0 radical (unpaired) electrons. The first-order valence-corrected chi connectivity index (χ1v) is 4.54. The Morgan fingerprint density at radius 2 is 2.00 bits per heavy atom. The zero-order valence-corrected chi connectivity index (χ0v) is 8.02. The van der Waals surface area contributed by atoms with Crippen molar-refractivity contribution in [2.45, 2.75) is 12.3 Å². The van der Waals surface area contributed by atoms with Crippen LogP contribution < -0.4 is 0 Å². The van der Waals surface area contributed by atoms with Gasteiger partial charge in [-0.1, -0.05) is 12.1 Å². The highest BCUT2D eigenvalue weighted by Crippen LogP contribution is 2.30. The third-order valence-electron chi connectivity index (χ3n) is 1.77. The molecule has 14 heavy (non-hydrogen) atoms. The number of benzene rings is 1. The Morgan fingerprint density at radius 3 is 2.50 bits per heavy atom. The minimum absolute atomic E-state index is 0.0985. The molecule has 0 saturated carbocycles. The van der Waals surface area contributed by atoms with Gasteiger partial charge in [0.25, 0.3) is 0 Å². The van der Waals surface area contributed by atoms with Crippen molar-refractivity contribution < 1.29 is 18.3 Å². The number of halogens is 3. The Labute approximate surface area is 85.0 Å². The van der Waals surface area contributed by atoms with Gasteiger partial charge in [0, 0.05) is 5.75 Å². The fourth-order valence-electron chi connectivity index (χ4n) is 1.03. The Balaban J connectivity index is 3.01. The molecule has 0 heterocycles. The molecule has 1 unspecified atom stereocenters. The Hall–Kier alpha value is -0.680. The van der Waals surface area contributed by atoms with E-state index in [1.807, 2.05) is 0 Å². The van der Waals surface area contributed by atoms with Gasteiger partial charge in [0.05, 0.1) is 11.7 Å². The maximum Gasteiger partial charge on any atom is 0.416 e.